The molecule has 0 aromatic heterocycles. The lowest BCUT2D eigenvalue weighted by Gasteiger charge is -2.32. The third-order valence-corrected chi connectivity index (χ3v) is 4.18. The number of carbonyl (C=O) groups is 1. The number of hydrogen-bond donors (Lipinski definition) is 1. The molecule has 126 valence electrons. The molecule has 0 unspecified atom stereocenters. The molecule has 0 spiro atoms. The Morgan fingerprint density at radius 2 is 2.17 bits per heavy atom. The topological polar surface area (TPSA) is 50.8 Å². The van der Waals surface area contributed by atoms with E-state index in [4.69, 9.17) is 9.47 Å². The number of rotatable bonds is 2. The molecule has 1 atom stereocenters. The standard InChI is InChI=1S/C18H26N2O3/c1-18(2,3)23-17(21)20-10-8-15-13(12-20)5-4-6-16(15)22-14-7-9-19-11-14/h4-6,14,19H,7-12H2,1-3H3/t14-/m1/s1. The van der Waals surface area contributed by atoms with Gasteiger partial charge in [0, 0.05) is 25.2 Å². The van der Waals surface area contributed by atoms with E-state index in [1.807, 2.05) is 32.9 Å². The Hall–Kier alpha value is -1.75. The smallest absolute Gasteiger partial charge is 0.410 e. The molecule has 23 heavy (non-hydrogen) atoms. The fourth-order valence-electron chi connectivity index (χ4n) is 3.08. The van der Waals surface area contributed by atoms with Crippen LogP contribution in [0.25, 0.3) is 0 Å². The van der Waals surface area contributed by atoms with E-state index in [1.165, 1.54) is 5.56 Å². The summed E-state index contributed by atoms with van der Waals surface area (Å²) in [7, 11) is 0. The number of nitrogens with zero attached hydrogens (tertiary/aromatic N) is 1. The second-order valence-electron chi connectivity index (χ2n) is 7.28. The number of ether oxygens (including phenoxy) is 2. The fraction of sp³-hybridized carbons (Fsp3) is 0.611. The van der Waals surface area contributed by atoms with Crippen LogP contribution in [0.5, 0.6) is 5.75 Å². The van der Waals surface area contributed by atoms with E-state index in [-0.39, 0.29) is 12.2 Å². The summed E-state index contributed by atoms with van der Waals surface area (Å²) in [4.78, 5) is 14.0. The van der Waals surface area contributed by atoms with Crippen molar-refractivity contribution in [3.05, 3.63) is 29.3 Å². The minimum atomic E-state index is -0.461. The maximum Gasteiger partial charge on any atom is 0.410 e. The molecule has 1 aromatic carbocycles. The van der Waals surface area contributed by atoms with Crippen LogP contribution in [0.2, 0.25) is 0 Å². The van der Waals surface area contributed by atoms with Crippen LogP contribution < -0.4 is 10.1 Å². The molecule has 0 bridgehead atoms. The molecule has 3 rings (SSSR count). The predicted molar refractivity (Wildman–Crippen MR) is 88.7 cm³/mol. The minimum absolute atomic E-state index is 0.241. The van der Waals surface area contributed by atoms with Crippen molar-refractivity contribution in [3.63, 3.8) is 0 Å². The van der Waals surface area contributed by atoms with E-state index >= 15 is 0 Å². The van der Waals surface area contributed by atoms with Crippen LogP contribution in [0.1, 0.15) is 38.3 Å². The van der Waals surface area contributed by atoms with Gasteiger partial charge in [-0.15, -0.1) is 0 Å². The van der Waals surface area contributed by atoms with Crippen LogP contribution in [0.4, 0.5) is 4.79 Å². The van der Waals surface area contributed by atoms with E-state index in [9.17, 15) is 4.79 Å². The molecule has 1 N–H and O–H groups in total. The molecule has 1 aromatic rings. The number of fused-ring (bicyclic) bond motifs is 1. The molecule has 2 aliphatic heterocycles. The van der Waals surface area contributed by atoms with Gasteiger partial charge in [-0.1, -0.05) is 12.1 Å². The van der Waals surface area contributed by atoms with E-state index in [0.717, 1.165) is 37.2 Å². The zero-order valence-electron chi connectivity index (χ0n) is 14.2. The van der Waals surface area contributed by atoms with E-state index in [2.05, 4.69) is 11.4 Å². The Balaban J connectivity index is 1.70. The zero-order chi connectivity index (χ0) is 16.4. The molecule has 2 aliphatic rings. The van der Waals surface area contributed by atoms with Crippen molar-refractivity contribution in [1.82, 2.24) is 10.2 Å². The first kappa shape index (κ1) is 16.1. The molecule has 0 radical (unpaired) electrons. The maximum atomic E-state index is 12.3. The lowest BCUT2D eigenvalue weighted by molar-refractivity contribution is 0.0222. The Morgan fingerprint density at radius 3 is 2.87 bits per heavy atom. The van der Waals surface area contributed by atoms with Gasteiger partial charge < -0.3 is 19.7 Å². The van der Waals surface area contributed by atoms with Gasteiger partial charge >= 0.3 is 6.09 Å². The van der Waals surface area contributed by atoms with Crippen LogP contribution in [0.3, 0.4) is 0 Å². The van der Waals surface area contributed by atoms with Gasteiger partial charge in [0.05, 0.1) is 0 Å². The summed E-state index contributed by atoms with van der Waals surface area (Å²) in [5, 5.41) is 3.32. The molecule has 1 amide bonds. The van der Waals surface area contributed by atoms with Crippen LogP contribution in [-0.2, 0) is 17.7 Å². The summed E-state index contributed by atoms with van der Waals surface area (Å²) in [5.41, 5.74) is 1.93. The van der Waals surface area contributed by atoms with Crippen molar-refractivity contribution in [3.8, 4) is 5.75 Å². The Bertz CT molecular complexity index is 574. The Labute approximate surface area is 137 Å². The van der Waals surface area contributed by atoms with Crippen molar-refractivity contribution in [1.29, 1.82) is 0 Å². The van der Waals surface area contributed by atoms with E-state index in [0.29, 0.717) is 13.1 Å². The highest BCUT2D eigenvalue weighted by molar-refractivity contribution is 5.69. The van der Waals surface area contributed by atoms with Gasteiger partial charge in [-0.2, -0.15) is 0 Å². The molecule has 0 aliphatic carbocycles. The molecule has 5 nitrogen and oxygen atoms in total. The highest BCUT2D eigenvalue weighted by atomic mass is 16.6. The van der Waals surface area contributed by atoms with E-state index < -0.39 is 5.60 Å². The maximum absolute atomic E-state index is 12.3. The largest absolute Gasteiger partial charge is 0.489 e. The van der Waals surface area contributed by atoms with Crippen LogP contribution in [0.15, 0.2) is 18.2 Å². The van der Waals surface area contributed by atoms with Crippen molar-refractivity contribution in [2.45, 2.75) is 51.9 Å². The van der Waals surface area contributed by atoms with Gasteiger partial charge in [0.15, 0.2) is 0 Å². The van der Waals surface area contributed by atoms with Gasteiger partial charge in [0.2, 0.25) is 0 Å². The molecule has 1 saturated heterocycles. The van der Waals surface area contributed by atoms with Gasteiger partial charge in [0.25, 0.3) is 0 Å². The highest BCUT2D eigenvalue weighted by Gasteiger charge is 2.27. The quantitative estimate of drug-likeness (QED) is 0.911. The van der Waals surface area contributed by atoms with Gasteiger partial charge in [-0.25, -0.2) is 4.79 Å². The lowest BCUT2D eigenvalue weighted by atomic mass is 9.99. The third kappa shape index (κ3) is 3.96. The molecule has 5 heteroatoms. The van der Waals surface area contributed by atoms with E-state index in [1.54, 1.807) is 4.90 Å². The van der Waals surface area contributed by atoms with Crippen molar-refractivity contribution >= 4 is 6.09 Å². The first-order chi connectivity index (χ1) is 10.9. The van der Waals surface area contributed by atoms with Crippen molar-refractivity contribution in [2.75, 3.05) is 19.6 Å². The van der Waals surface area contributed by atoms with Gasteiger partial charge in [-0.05, 0) is 51.8 Å². The average molecular weight is 318 g/mol. The van der Waals surface area contributed by atoms with Crippen LogP contribution in [-0.4, -0.2) is 42.3 Å². The highest BCUT2D eigenvalue weighted by Crippen LogP contribution is 2.30. The molecule has 0 saturated carbocycles. The molecule has 2 heterocycles. The first-order valence-electron chi connectivity index (χ1n) is 8.38. The normalized spacial score (nSPS) is 21.0. The summed E-state index contributed by atoms with van der Waals surface area (Å²) in [6, 6.07) is 6.13. The number of nitrogens with one attached hydrogen (secondary N) is 1. The number of amides is 1. The first-order valence-corrected chi connectivity index (χ1v) is 8.38. The molecule has 1 fully saturated rings. The summed E-state index contributed by atoms with van der Waals surface area (Å²) < 4.78 is 11.6. The molecular weight excluding hydrogens is 292 g/mol. The van der Waals surface area contributed by atoms with Crippen molar-refractivity contribution in [2.24, 2.45) is 0 Å². The Kier molecular flexibility index (Phi) is 4.48. The molecular formula is C18H26N2O3. The summed E-state index contributed by atoms with van der Waals surface area (Å²) in [5.74, 6) is 0.972. The average Bonchev–Trinajstić information content (AvgIpc) is 2.98. The Morgan fingerprint density at radius 1 is 1.35 bits per heavy atom. The fourth-order valence-corrected chi connectivity index (χ4v) is 3.08. The van der Waals surface area contributed by atoms with Crippen LogP contribution in [0, 0.1) is 0 Å². The zero-order valence-corrected chi connectivity index (χ0v) is 14.2. The summed E-state index contributed by atoms with van der Waals surface area (Å²) in [6.07, 6.45) is 1.87. The van der Waals surface area contributed by atoms with Gasteiger partial charge in [-0.3, -0.25) is 0 Å². The monoisotopic (exact) mass is 318 g/mol. The second kappa shape index (κ2) is 6.40. The number of hydrogen-bond acceptors (Lipinski definition) is 4. The SMILES string of the molecule is CC(C)(C)OC(=O)N1CCc2c(cccc2O[C@@H]2CCNC2)C1. The summed E-state index contributed by atoms with van der Waals surface area (Å²) in [6.45, 7) is 8.87. The lowest BCUT2D eigenvalue weighted by Crippen LogP contribution is -2.40. The third-order valence-electron chi connectivity index (χ3n) is 4.18. The van der Waals surface area contributed by atoms with Crippen molar-refractivity contribution < 1.29 is 14.3 Å². The van der Waals surface area contributed by atoms with Gasteiger partial charge in [0.1, 0.15) is 17.5 Å². The summed E-state index contributed by atoms with van der Waals surface area (Å²) >= 11 is 0. The predicted octanol–water partition coefficient (Wildman–Crippen LogP) is 2.72. The number of benzene rings is 1. The number of carbonyl (C=O) groups excluding carboxylic acids is 1. The van der Waals surface area contributed by atoms with Crippen LogP contribution >= 0.6 is 0 Å². The second-order valence-corrected chi connectivity index (χ2v) is 7.28. The minimum Gasteiger partial charge on any atom is -0.489 e.